The average molecular weight is 291 g/mol. The molecule has 4 atom stereocenters. The molecule has 2 N–H and O–H groups in total. The minimum absolute atomic E-state index is 0.0895. The van der Waals surface area contributed by atoms with Gasteiger partial charge in [-0.15, -0.1) is 0 Å². The lowest BCUT2D eigenvalue weighted by molar-refractivity contribution is 0.0299. The first-order valence-corrected chi connectivity index (χ1v) is 7.22. The molecule has 2 heterocycles. The molecular formula is C16H21NO4. The molecule has 0 unspecified atom stereocenters. The average Bonchev–Trinajstić information content (AvgIpc) is 2.94. The van der Waals surface area contributed by atoms with Crippen LogP contribution in [0.5, 0.6) is 0 Å². The first-order valence-electron chi connectivity index (χ1n) is 7.22. The van der Waals surface area contributed by atoms with Crippen molar-refractivity contribution in [1.29, 1.82) is 0 Å². The molecule has 5 heteroatoms. The van der Waals surface area contributed by atoms with Crippen molar-refractivity contribution in [3.63, 3.8) is 0 Å². The number of carbonyl (C=O) groups is 1. The third-order valence-electron chi connectivity index (χ3n) is 3.83. The Morgan fingerprint density at radius 2 is 1.90 bits per heavy atom. The summed E-state index contributed by atoms with van der Waals surface area (Å²) in [5.41, 5.74) is 1.96. The fourth-order valence-corrected chi connectivity index (χ4v) is 2.86. The Bertz CT molecular complexity index is 551. The van der Waals surface area contributed by atoms with Crippen molar-refractivity contribution in [3.05, 3.63) is 35.4 Å². The van der Waals surface area contributed by atoms with Crippen molar-refractivity contribution < 1.29 is 19.4 Å². The zero-order chi connectivity index (χ0) is 15.2. The molecule has 5 nitrogen and oxygen atoms in total. The van der Waals surface area contributed by atoms with Crippen LogP contribution >= 0.6 is 0 Å². The van der Waals surface area contributed by atoms with Crippen molar-refractivity contribution >= 4 is 6.09 Å². The van der Waals surface area contributed by atoms with Gasteiger partial charge in [-0.2, -0.15) is 0 Å². The number of nitrogens with one attached hydrogen (secondary N) is 1. The van der Waals surface area contributed by atoms with E-state index in [1.165, 1.54) is 0 Å². The van der Waals surface area contributed by atoms with Gasteiger partial charge in [0.05, 0.1) is 12.6 Å². The van der Waals surface area contributed by atoms with Crippen LogP contribution in [0.25, 0.3) is 0 Å². The number of aliphatic hydroxyl groups excluding tert-OH is 1. The van der Waals surface area contributed by atoms with E-state index in [1.54, 1.807) is 0 Å². The molecule has 1 aromatic rings. The van der Waals surface area contributed by atoms with E-state index in [-0.39, 0.29) is 17.6 Å². The molecule has 3 rings (SSSR count). The van der Waals surface area contributed by atoms with Crippen LogP contribution in [0.3, 0.4) is 0 Å². The lowest BCUT2D eigenvalue weighted by atomic mass is 9.86. The molecule has 2 bridgehead atoms. The summed E-state index contributed by atoms with van der Waals surface area (Å²) in [6.45, 7) is 6.30. The van der Waals surface area contributed by atoms with E-state index in [2.05, 4.69) is 5.32 Å². The number of amides is 1. The second kappa shape index (κ2) is 5.00. The number of rotatable bonds is 2. The van der Waals surface area contributed by atoms with Crippen LogP contribution in [-0.4, -0.2) is 30.0 Å². The molecule has 0 aromatic heterocycles. The third kappa shape index (κ3) is 2.63. The van der Waals surface area contributed by atoms with Gasteiger partial charge in [-0.1, -0.05) is 45.0 Å². The van der Waals surface area contributed by atoms with Gasteiger partial charge in [-0.25, -0.2) is 4.79 Å². The molecule has 2 aliphatic heterocycles. The molecule has 0 aliphatic carbocycles. The zero-order valence-corrected chi connectivity index (χ0v) is 12.5. The Hall–Kier alpha value is -1.59. The van der Waals surface area contributed by atoms with Crippen molar-refractivity contribution in [1.82, 2.24) is 5.32 Å². The normalized spacial score (nSPS) is 30.1. The van der Waals surface area contributed by atoms with Gasteiger partial charge in [0, 0.05) is 0 Å². The van der Waals surface area contributed by atoms with Gasteiger partial charge in [0.25, 0.3) is 0 Å². The van der Waals surface area contributed by atoms with Crippen LogP contribution in [0.4, 0.5) is 4.79 Å². The number of aliphatic hydroxyl groups is 1. The number of hydrogen-bond donors (Lipinski definition) is 2. The number of benzene rings is 1. The monoisotopic (exact) mass is 291 g/mol. The van der Waals surface area contributed by atoms with E-state index in [0.29, 0.717) is 6.61 Å². The first-order chi connectivity index (χ1) is 9.87. The van der Waals surface area contributed by atoms with E-state index >= 15 is 0 Å². The molecule has 1 amide bonds. The fraction of sp³-hybridized carbons (Fsp3) is 0.562. The Kier molecular flexibility index (Phi) is 3.42. The predicted octanol–water partition coefficient (Wildman–Crippen LogP) is 2.31. The Balaban J connectivity index is 1.67. The number of carbonyl (C=O) groups excluding carboxylic acids is 1. The molecule has 1 fully saturated rings. The summed E-state index contributed by atoms with van der Waals surface area (Å²) >= 11 is 0. The van der Waals surface area contributed by atoms with E-state index in [0.717, 1.165) is 11.1 Å². The standard InChI is InChI=1S/C16H21NO4/c1-16(2,3)8-20-15(19)17-11-12(18)14-10-7-5-4-6-9(10)13(11)21-14/h4-7,11-14,18H,8H2,1-3H3,(H,17,19)/t11-,12-,13-,14+/m0/s1. The summed E-state index contributed by atoms with van der Waals surface area (Å²) in [4.78, 5) is 11.9. The SMILES string of the molecule is CC(C)(C)COC(=O)N[C@H]1[C@H](O)[C@@H]2O[C@H]1c1ccccc12. The van der Waals surface area contributed by atoms with Gasteiger partial charge in [0.15, 0.2) is 0 Å². The molecule has 0 spiro atoms. The van der Waals surface area contributed by atoms with Gasteiger partial charge in [-0.05, 0) is 16.5 Å². The van der Waals surface area contributed by atoms with Gasteiger partial charge in [0.1, 0.15) is 18.3 Å². The molecule has 21 heavy (non-hydrogen) atoms. The van der Waals surface area contributed by atoms with Crippen LogP contribution in [0.15, 0.2) is 24.3 Å². The second-order valence-electron chi connectivity index (χ2n) is 6.90. The molecular weight excluding hydrogens is 270 g/mol. The van der Waals surface area contributed by atoms with E-state index in [4.69, 9.17) is 9.47 Å². The summed E-state index contributed by atoms with van der Waals surface area (Å²) < 4.78 is 11.0. The number of hydrogen-bond acceptors (Lipinski definition) is 4. The highest BCUT2D eigenvalue weighted by Crippen LogP contribution is 2.50. The molecule has 114 valence electrons. The molecule has 0 radical (unpaired) electrons. The number of alkyl carbamates (subject to hydrolysis) is 1. The minimum atomic E-state index is -0.743. The van der Waals surface area contributed by atoms with Crippen LogP contribution in [0.1, 0.15) is 44.1 Å². The van der Waals surface area contributed by atoms with Gasteiger partial charge >= 0.3 is 6.09 Å². The van der Waals surface area contributed by atoms with Crippen LogP contribution < -0.4 is 5.32 Å². The predicted molar refractivity (Wildman–Crippen MR) is 76.7 cm³/mol. The summed E-state index contributed by atoms with van der Waals surface area (Å²) in [6.07, 6.45) is -1.92. The fourth-order valence-electron chi connectivity index (χ4n) is 2.86. The van der Waals surface area contributed by atoms with Crippen molar-refractivity contribution in [3.8, 4) is 0 Å². The van der Waals surface area contributed by atoms with Crippen LogP contribution in [0, 0.1) is 5.41 Å². The number of ether oxygens (including phenoxy) is 2. The first kappa shape index (κ1) is 14.4. The van der Waals surface area contributed by atoms with Gasteiger partial charge in [-0.3, -0.25) is 0 Å². The second-order valence-corrected chi connectivity index (χ2v) is 6.90. The van der Waals surface area contributed by atoms with E-state index in [9.17, 15) is 9.90 Å². The maximum absolute atomic E-state index is 11.9. The summed E-state index contributed by atoms with van der Waals surface area (Å²) in [5, 5.41) is 13.0. The van der Waals surface area contributed by atoms with E-state index < -0.39 is 18.2 Å². The highest BCUT2D eigenvalue weighted by molar-refractivity contribution is 5.68. The van der Waals surface area contributed by atoms with Crippen LogP contribution in [-0.2, 0) is 9.47 Å². The lowest BCUT2D eigenvalue weighted by Gasteiger charge is -2.27. The highest BCUT2D eigenvalue weighted by Gasteiger charge is 2.52. The summed E-state index contributed by atoms with van der Waals surface area (Å²) in [5.74, 6) is 0. The molecule has 2 aliphatic rings. The smallest absolute Gasteiger partial charge is 0.407 e. The van der Waals surface area contributed by atoms with Gasteiger partial charge in [0.2, 0.25) is 0 Å². The van der Waals surface area contributed by atoms with Crippen molar-refractivity contribution in [2.45, 2.75) is 45.1 Å². The quantitative estimate of drug-likeness (QED) is 0.877. The zero-order valence-electron chi connectivity index (χ0n) is 12.5. The minimum Gasteiger partial charge on any atom is -0.449 e. The highest BCUT2D eigenvalue weighted by atomic mass is 16.6. The largest absolute Gasteiger partial charge is 0.449 e. The topological polar surface area (TPSA) is 67.8 Å². The molecule has 0 saturated carbocycles. The molecule has 1 saturated heterocycles. The molecule has 1 aromatic carbocycles. The maximum Gasteiger partial charge on any atom is 0.407 e. The van der Waals surface area contributed by atoms with Crippen LogP contribution in [0.2, 0.25) is 0 Å². The Labute approximate surface area is 124 Å². The Morgan fingerprint density at radius 3 is 2.52 bits per heavy atom. The maximum atomic E-state index is 11.9. The van der Waals surface area contributed by atoms with E-state index in [1.807, 2.05) is 45.0 Å². The van der Waals surface area contributed by atoms with Gasteiger partial charge < -0.3 is 19.9 Å². The van der Waals surface area contributed by atoms with Crippen molar-refractivity contribution in [2.24, 2.45) is 5.41 Å². The third-order valence-corrected chi connectivity index (χ3v) is 3.83. The Morgan fingerprint density at radius 1 is 1.29 bits per heavy atom. The summed E-state index contributed by atoms with van der Waals surface area (Å²) in [6, 6.07) is 7.33. The number of fused-ring (bicyclic) bond motifs is 5. The summed E-state index contributed by atoms with van der Waals surface area (Å²) in [7, 11) is 0. The van der Waals surface area contributed by atoms with Crippen molar-refractivity contribution in [2.75, 3.05) is 6.61 Å². The lowest BCUT2D eigenvalue weighted by Crippen LogP contribution is -2.46.